The van der Waals surface area contributed by atoms with Gasteiger partial charge in [0.1, 0.15) is 0 Å². The molecule has 20 heavy (non-hydrogen) atoms. The fraction of sp³-hybridized carbons (Fsp3) is 0.500. The molecule has 0 aromatic heterocycles. The number of amides is 1. The van der Waals surface area contributed by atoms with Crippen molar-refractivity contribution in [1.29, 1.82) is 0 Å². The third-order valence-electron chi connectivity index (χ3n) is 3.92. The molecular formula is C16H22N2O2. The molecule has 0 bridgehead atoms. The van der Waals surface area contributed by atoms with Crippen LogP contribution in [0, 0.1) is 13.8 Å². The van der Waals surface area contributed by atoms with Gasteiger partial charge >= 0.3 is 6.09 Å². The zero-order chi connectivity index (χ0) is 14.7. The SMILES string of the molecule is CCC1/C(=N\c2c(C)cccc2C)CCCN1C(=O)O. The van der Waals surface area contributed by atoms with Crippen molar-refractivity contribution < 1.29 is 9.90 Å². The third kappa shape index (κ3) is 2.84. The van der Waals surface area contributed by atoms with E-state index in [1.807, 2.05) is 39.0 Å². The van der Waals surface area contributed by atoms with Crippen molar-refractivity contribution in [3.8, 4) is 0 Å². The maximum atomic E-state index is 11.3. The van der Waals surface area contributed by atoms with Crippen LogP contribution in [0.5, 0.6) is 0 Å². The molecule has 1 aromatic carbocycles. The molecule has 1 saturated heterocycles. The second-order valence-electron chi connectivity index (χ2n) is 5.35. The Morgan fingerprint density at radius 3 is 2.60 bits per heavy atom. The van der Waals surface area contributed by atoms with Gasteiger partial charge in [-0.05, 0) is 44.2 Å². The van der Waals surface area contributed by atoms with Crippen LogP contribution in [0.25, 0.3) is 0 Å². The summed E-state index contributed by atoms with van der Waals surface area (Å²) in [4.78, 5) is 17.7. The smallest absolute Gasteiger partial charge is 0.407 e. The standard InChI is InChI=1S/C16H22N2O2/c1-4-14-13(9-6-10-18(14)16(19)20)17-15-11(2)7-5-8-12(15)3/h5,7-8,14H,4,6,9-10H2,1-3H3,(H,19,20)/b17-13-. The summed E-state index contributed by atoms with van der Waals surface area (Å²) < 4.78 is 0. The molecule has 1 aliphatic rings. The molecule has 1 N–H and O–H groups in total. The summed E-state index contributed by atoms with van der Waals surface area (Å²) in [6.45, 7) is 6.72. The lowest BCUT2D eigenvalue weighted by Crippen LogP contribution is -2.48. The van der Waals surface area contributed by atoms with Gasteiger partial charge in [-0.2, -0.15) is 0 Å². The Balaban J connectivity index is 2.39. The molecule has 1 aliphatic heterocycles. The van der Waals surface area contributed by atoms with Gasteiger partial charge in [0.25, 0.3) is 0 Å². The van der Waals surface area contributed by atoms with E-state index in [0.29, 0.717) is 6.54 Å². The lowest BCUT2D eigenvalue weighted by molar-refractivity contribution is 0.131. The summed E-state index contributed by atoms with van der Waals surface area (Å²) in [5.74, 6) is 0. The zero-order valence-electron chi connectivity index (χ0n) is 12.4. The number of nitrogens with zero attached hydrogens (tertiary/aromatic N) is 2. The molecule has 1 aromatic rings. The van der Waals surface area contributed by atoms with Gasteiger partial charge in [0.2, 0.25) is 0 Å². The number of carboxylic acid groups (broad SMARTS) is 1. The summed E-state index contributed by atoms with van der Waals surface area (Å²) in [5.41, 5.74) is 4.27. The first-order valence-corrected chi connectivity index (χ1v) is 7.17. The van der Waals surface area contributed by atoms with E-state index in [4.69, 9.17) is 4.99 Å². The van der Waals surface area contributed by atoms with Gasteiger partial charge in [0.05, 0.1) is 11.7 Å². The van der Waals surface area contributed by atoms with E-state index in [9.17, 15) is 9.90 Å². The van der Waals surface area contributed by atoms with E-state index in [-0.39, 0.29) is 6.04 Å². The summed E-state index contributed by atoms with van der Waals surface area (Å²) in [5, 5.41) is 9.30. The normalized spacial score (nSPS) is 21.2. The highest BCUT2D eigenvalue weighted by molar-refractivity contribution is 5.95. The largest absolute Gasteiger partial charge is 0.465 e. The molecule has 108 valence electrons. The number of likely N-dealkylation sites (tertiary alicyclic amines) is 1. The Bertz CT molecular complexity index is 517. The van der Waals surface area contributed by atoms with Crippen LogP contribution in [-0.2, 0) is 0 Å². The van der Waals surface area contributed by atoms with Crippen LogP contribution < -0.4 is 0 Å². The lowest BCUT2D eigenvalue weighted by atomic mass is 9.97. The van der Waals surface area contributed by atoms with E-state index in [1.165, 1.54) is 4.90 Å². The van der Waals surface area contributed by atoms with E-state index in [2.05, 4.69) is 0 Å². The van der Waals surface area contributed by atoms with Crippen molar-refractivity contribution >= 4 is 17.5 Å². The van der Waals surface area contributed by atoms with Crippen LogP contribution >= 0.6 is 0 Å². The molecule has 0 saturated carbocycles. The van der Waals surface area contributed by atoms with Gasteiger partial charge < -0.3 is 10.0 Å². The molecule has 1 heterocycles. The Kier molecular flexibility index (Phi) is 4.42. The zero-order valence-corrected chi connectivity index (χ0v) is 12.4. The van der Waals surface area contributed by atoms with E-state index in [0.717, 1.165) is 41.8 Å². The molecule has 0 radical (unpaired) electrons. The van der Waals surface area contributed by atoms with Gasteiger partial charge in [-0.15, -0.1) is 0 Å². The Hall–Kier alpha value is -1.84. The monoisotopic (exact) mass is 274 g/mol. The highest BCUT2D eigenvalue weighted by atomic mass is 16.4. The number of rotatable bonds is 2. The third-order valence-corrected chi connectivity index (χ3v) is 3.92. The number of aliphatic imine (C=N–C) groups is 1. The van der Waals surface area contributed by atoms with Crippen LogP contribution in [0.3, 0.4) is 0 Å². The maximum Gasteiger partial charge on any atom is 0.407 e. The van der Waals surface area contributed by atoms with Gasteiger partial charge in [-0.3, -0.25) is 4.99 Å². The minimum absolute atomic E-state index is 0.0831. The molecule has 4 nitrogen and oxygen atoms in total. The van der Waals surface area contributed by atoms with Crippen molar-refractivity contribution in [2.24, 2.45) is 4.99 Å². The second-order valence-corrected chi connectivity index (χ2v) is 5.35. The minimum atomic E-state index is -0.842. The van der Waals surface area contributed by atoms with E-state index in [1.54, 1.807) is 0 Å². The van der Waals surface area contributed by atoms with Crippen LogP contribution in [0.1, 0.15) is 37.3 Å². The number of para-hydroxylation sites is 1. The average molecular weight is 274 g/mol. The van der Waals surface area contributed by atoms with Crippen LogP contribution in [0.2, 0.25) is 0 Å². The molecule has 1 atom stereocenters. The summed E-state index contributed by atoms with van der Waals surface area (Å²) in [6.07, 6.45) is 1.67. The molecule has 0 aliphatic carbocycles. The molecule has 0 spiro atoms. The first-order valence-electron chi connectivity index (χ1n) is 7.17. The lowest BCUT2D eigenvalue weighted by Gasteiger charge is -2.34. The first-order chi connectivity index (χ1) is 9.54. The maximum absolute atomic E-state index is 11.3. The van der Waals surface area contributed by atoms with Gasteiger partial charge in [0.15, 0.2) is 0 Å². The van der Waals surface area contributed by atoms with Crippen LogP contribution in [0.15, 0.2) is 23.2 Å². The molecule has 1 unspecified atom stereocenters. The quantitative estimate of drug-likeness (QED) is 0.888. The molecule has 2 rings (SSSR count). The number of benzene rings is 1. The van der Waals surface area contributed by atoms with Gasteiger partial charge in [-0.1, -0.05) is 25.1 Å². The summed E-state index contributed by atoms with van der Waals surface area (Å²) in [6, 6.07) is 6.03. The predicted molar refractivity (Wildman–Crippen MR) is 81.1 cm³/mol. The van der Waals surface area contributed by atoms with Crippen molar-refractivity contribution in [2.75, 3.05) is 6.54 Å². The second kappa shape index (κ2) is 6.07. The first kappa shape index (κ1) is 14.6. The average Bonchev–Trinajstić information content (AvgIpc) is 2.42. The molecular weight excluding hydrogens is 252 g/mol. The topological polar surface area (TPSA) is 52.9 Å². The minimum Gasteiger partial charge on any atom is -0.465 e. The van der Waals surface area contributed by atoms with Gasteiger partial charge in [-0.25, -0.2) is 4.79 Å². The molecule has 1 fully saturated rings. The van der Waals surface area contributed by atoms with Crippen molar-refractivity contribution in [3.05, 3.63) is 29.3 Å². The van der Waals surface area contributed by atoms with E-state index >= 15 is 0 Å². The van der Waals surface area contributed by atoms with Crippen LogP contribution in [-0.4, -0.2) is 34.4 Å². The predicted octanol–water partition coefficient (Wildman–Crippen LogP) is 3.93. The van der Waals surface area contributed by atoms with E-state index < -0.39 is 6.09 Å². The molecule has 4 heteroatoms. The molecule has 1 amide bonds. The Morgan fingerprint density at radius 1 is 1.40 bits per heavy atom. The Labute approximate surface area is 120 Å². The fourth-order valence-electron chi connectivity index (χ4n) is 2.87. The van der Waals surface area contributed by atoms with Crippen LogP contribution in [0.4, 0.5) is 10.5 Å². The summed E-state index contributed by atoms with van der Waals surface area (Å²) >= 11 is 0. The van der Waals surface area contributed by atoms with Gasteiger partial charge in [0, 0.05) is 12.3 Å². The van der Waals surface area contributed by atoms with Crippen molar-refractivity contribution in [1.82, 2.24) is 4.90 Å². The number of piperidine rings is 1. The number of hydrogen-bond donors (Lipinski definition) is 1. The fourth-order valence-corrected chi connectivity index (χ4v) is 2.87. The highest BCUT2D eigenvalue weighted by Crippen LogP contribution is 2.27. The van der Waals surface area contributed by atoms with Crippen molar-refractivity contribution in [3.63, 3.8) is 0 Å². The summed E-state index contributed by atoms with van der Waals surface area (Å²) in [7, 11) is 0. The van der Waals surface area contributed by atoms with Crippen molar-refractivity contribution in [2.45, 2.75) is 46.1 Å². The highest BCUT2D eigenvalue weighted by Gasteiger charge is 2.30. The Morgan fingerprint density at radius 2 is 2.05 bits per heavy atom. The number of aryl methyl sites for hydroxylation is 2. The number of hydrogen-bond acceptors (Lipinski definition) is 2. The number of carbonyl (C=O) groups is 1.